The number of aromatic nitrogens is 1. The zero-order chi connectivity index (χ0) is 27.3. The van der Waals surface area contributed by atoms with Crippen LogP contribution in [0.4, 0.5) is 5.69 Å². The molecule has 2 aromatic carbocycles. The van der Waals surface area contributed by atoms with Crippen LogP contribution < -0.4 is 10.5 Å². The number of hydrogen-bond acceptors (Lipinski definition) is 8. The van der Waals surface area contributed by atoms with E-state index in [1.807, 2.05) is 12.1 Å². The molecular formula is C30H35N3O6. The number of rotatable bonds is 5. The van der Waals surface area contributed by atoms with Gasteiger partial charge in [0.2, 0.25) is 0 Å². The number of nitrogens with zero attached hydrogens (tertiary/aromatic N) is 1. The molecule has 3 N–H and O–H groups in total. The number of methoxy groups -OCH3 is 3. The monoisotopic (exact) mass is 533 g/mol. The molecule has 39 heavy (non-hydrogen) atoms. The molecule has 1 saturated heterocycles. The van der Waals surface area contributed by atoms with E-state index in [4.69, 9.17) is 24.7 Å². The minimum absolute atomic E-state index is 0.0297. The summed E-state index contributed by atoms with van der Waals surface area (Å²) in [4.78, 5) is 32.5. The van der Waals surface area contributed by atoms with Gasteiger partial charge in [-0.3, -0.25) is 9.69 Å². The van der Waals surface area contributed by atoms with E-state index in [0.717, 1.165) is 37.2 Å². The summed E-state index contributed by atoms with van der Waals surface area (Å²) in [5.74, 6) is -0.305. The standard InChI is InChI=1S/C30H35N3O6/c1-36-19-8-9-20-21-10-11-33-15-17-12-25(39-29(34)16-4-6-18(31)7-5-16)28(37-2)26(30(35)38-3)22(17)14-24(33)27(21)32-23(20)13-19/h4-9,13,17,22,24-26,28,32H,10-12,14-15,31H2,1-3H3/t17-,22+,24-,25-,26+,28+/m1/s1. The lowest BCUT2D eigenvalue weighted by Gasteiger charge is -2.52. The largest absolute Gasteiger partial charge is 0.497 e. The number of H-pyrrole nitrogens is 1. The lowest BCUT2D eigenvalue weighted by Crippen LogP contribution is -2.58. The van der Waals surface area contributed by atoms with Crippen molar-refractivity contribution in [3.05, 3.63) is 59.3 Å². The molecule has 6 rings (SSSR count). The first-order valence-corrected chi connectivity index (χ1v) is 13.5. The molecule has 3 heterocycles. The number of benzene rings is 2. The lowest BCUT2D eigenvalue weighted by atomic mass is 9.63. The maximum atomic E-state index is 13.3. The topological polar surface area (TPSA) is 116 Å². The first-order valence-electron chi connectivity index (χ1n) is 13.5. The number of piperidine rings is 1. The molecule has 9 heteroatoms. The Balaban J connectivity index is 1.30. The second-order valence-electron chi connectivity index (χ2n) is 10.9. The van der Waals surface area contributed by atoms with Gasteiger partial charge in [0.15, 0.2) is 0 Å². The molecule has 6 atom stereocenters. The Hall–Kier alpha value is -3.56. The van der Waals surface area contributed by atoms with Crippen LogP contribution in [0.1, 0.15) is 40.5 Å². The number of anilines is 1. The quantitative estimate of drug-likeness (QED) is 0.377. The van der Waals surface area contributed by atoms with E-state index >= 15 is 0 Å². The number of esters is 2. The predicted octanol–water partition coefficient (Wildman–Crippen LogP) is 3.73. The molecule has 0 spiro atoms. The Morgan fingerprint density at radius 1 is 1.05 bits per heavy atom. The van der Waals surface area contributed by atoms with Crippen LogP contribution >= 0.6 is 0 Å². The summed E-state index contributed by atoms with van der Waals surface area (Å²) in [5.41, 5.74) is 10.4. The number of carbonyl (C=O) groups excluding carboxylic acids is 2. The van der Waals surface area contributed by atoms with Gasteiger partial charge < -0.3 is 29.7 Å². The lowest BCUT2D eigenvalue weighted by molar-refractivity contribution is -0.176. The number of aromatic amines is 1. The summed E-state index contributed by atoms with van der Waals surface area (Å²) in [6, 6.07) is 13.0. The predicted molar refractivity (Wildman–Crippen MR) is 145 cm³/mol. The third-order valence-electron chi connectivity index (χ3n) is 9.01. The van der Waals surface area contributed by atoms with Crippen LogP contribution in [-0.2, 0) is 25.4 Å². The maximum Gasteiger partial charge on any atom is 0.338 e. The Bertz CT molecular complexity index is 1390. The molecule has 3 aliphatic rings. The van der Waals surface area contributed by atoms with Gasteiger partial charge in [0.05, 0.1) is 31.7 Å². The van der Waals surface area contributed by atoms with Gasteiger partial charge in [0, 0.05) is 48.5 Å². The third kappa shape index (κ3) is 4.43. The molecule has 0 radical (unpaired) electrons. The summed E-state index contributed by atoms with van der Waals surface area (Å²) in [6.07, 6.45) is 1.20. The molecule has 9 nitrogen and oxygen atoms in total. The normalized spacial score (nSPS) is 28.2. The maximum absolute atomic E-state index is 13.3. The van der Waals surface area contributed by atoms with E-state index in [9.17, 15) is 9.59 Å². The molecular weight excluding hydrogens is 498 g/mol. The number of fused-ring (bicyclic) bond motifs is 6. The van der Waals surface area contributed by atoms with Crippen molar-refractivity contribution >= 4 is 28.5 Å². The zero-order valence-corrected chi connectivity index (χ0v) is 22.5. The first kappa shape index (κ1) is 25.7. The van der Waals surface area contributed by atoms with Gasteiger partial charge in [-0.05, 0) is 73.1 Å². The first-order chi connectivity index (χ1) is 18.9. The number of nitrogen functional groups attached to an aromatic ring is 1. The fourth-order valence-electron chi connectivity index (χ4n) is 7.18. The molecule has 0 unspecified atom stereocenters. The van der Waals surface area contributed by atoms with Crippen LogP contribution in [0.3, 0.4) is 0 Å². The highest BCUT2D eigenvalue weighted by Gasteiger charge is 2.54. The Labute approximate surface area is 227 Å². The molecule has 2 aliphatic heterocycles. The summed E-state index contributed by atoms with van der Waals surface area (Å²) in [6.45, 7) is 1.75. The van der Waals surface area contributed by atoms with Crippen LogP contribution in [0.5, 0.6) is 5.75 Å². The number of nitrogens with one attached hydrogen (secondary N) is 1. The minimum atomic E-state index is -0.599. The van der Waals surface area contributed by atoms with Crippen LogP contribution in [0.2, 0.25) is 0 Å². The van der Waals surface area contributed by atoms with Crippen molar-refractivity contribution in [2.24, 2.45) is 17.8 Å². The number of hydrogen-bond donors (Lipinski definition) is 2. The molecule has 1 aliphatic carbocycles. The Kier molecular flexibility index (Phi) is 6.72. The van der Waals surface area contributed by atoms with Crippen molar-refractivity contribution in [2.75, 3.05) is 40.2 Å². The van der Waals surface area contributed by atoms with E-state index in [1.165, 1.54) is 23.8 Å². The van der Waals surface area contributed by atoms with Crippen molar-refractivity contribution in [3.8, 4) is 5.75 Å². The summed E-state index contributed by atoms with van der Waals surface area (Å²) < 4.78 is 22.6. The summed E-state index contributed by atoms with van der Waals surface area (Å²) in [7, 11) is 4.66. The molecule has 1 aromatic heterocycles. The van der Waals surface area contributed by atoms with Crippen molar-refractivity contribution in [2.45, 2.75) is 37.5 Å². The number of ether oxygens (including phenoxy) is 4. The highest BCUT2D eigenvalue weighted by Crippen LogP contribution is 2.50. The second-order valence-corrected chi connectivity index (χ2v) is 10.9. The van der Waals surface area contributed by atoms with Crippen LogP contribution in [0.15, 0.2) is 42.5 Å². The minimum Gasteiger partial charge on any atom is -0.497 e. The SMILES string of the molecule is COC(=O)[C@H]1[C@H]2C[C@@H]3c4[nH]c5cc(OC)ccc5c4CCN3C[C@H]2C[C@@H](OC(=O)c2ccc(N)cc2)[C@@H]1OC. The molecule has 206 valence electrons. The smallest absolute Gasteiger partial charge is 0.338 e. The van der Waals surface area contributed by atoms with E-state index in [2.05, 4.69) is 16.0 Å². The van der Waals surface area contributed by atoms with Crippen LogP contribution in [-0.4, -0.2) is 68.4 Å². The molecule has 1 saturated carbocycles. The molecule has 3 aromatic rings. The van der Waals surface area contributed by atoms with E-state index in [-0.39, 0.29) is 23.8 Å². The highest BCUT2D eigenvalue weighted by molar-refractivity contribution is 5.90. The van der Waals surface area contributed by atoms with Crippen LogP contribution in [0.25, 0.3) is 10.9 Å². The van der Waals surface area contributed by atoms with Gasteiger partial charge >= 0.3 is 11.9 Å². The van der Waals surface area contributed by atoms with Gasteiger partial charge in [-0.25, -0.2) is 4.79 Å². The average molecular weight is 534 g/mol. The third-order valence-corrected chi connectivity index (χ3v) is 9.01. The van der Waals surface area contributed by atoms with Crippen molar-refractivity contribution in [1.82, 2.24) is 9.88 Å². The Morgan fingerprint density at radius 3 is 2.56 bits per heavy atom. The number of carbonyl (C=O) groups is 2. The van der Waals surface area contributed by atoms with Crippen molar-refractivity contribution in [1.29, 1.82) is 0 Å². The van der Waals surface area contributed by atoms with Gasteiger partial charge in [0.1, 0.15) is 18.0 Å². The zero-order valence-electron chi connectivity index (χ0n) is 22.5. The molecule has 0 bridgehead atoms. The van der Waals surface area contributed by atoms with E-state index in [0.29, 0.717) is 17.7 Å². The fourth-order valence-corrected chi connectivity index (χ4v) is 7.18. The summed E-state index contributed by atoms with van der Waals surface area (Å²) in [5, 5.41) is 1.23. The molecule has 0 amide bonds. The Morgan fingerprint density at radius 2 is 1.85 bits per heavy atom. The van der Waals surface area contributed by atoms with Crippen molar-refractivity contribution in [3.63, 3.8) is 0 Å². The second kappa shape index (κ2) is 10.2. The van der Waals surface area contributed by atoms with E-state index < -0.39 is 24.1 Å². The van der Waals surface area contributed by atoms with Crippen molar-refractivity contribution < 1.29 is 28.5 Å². The number of nitrogens with two attached hydrogens (primary N) is 1. The van der Waals surface area contributed by atoms with Crippen LogP contribution in [0, 0.1) is 17.8 Å². The van der Waals surface area contributed by atoms with E-state index in [1.54, 1.807) is 38.5 Å². The van der Waals surface area contributed by atoms with Gasteiger partial charge in [0.25, 0.3) is 0 Å². The van der Waals surface area contributed by atoms with Gasteiger partial charge in [-0.1, -0.05) is 0 Å². The molecule has 2 fully saturated rings. The van der Waals surface area contributed by atoms with Gasteiger partial charge in [-0.2, -0.15) is 0 Å². The average Bonchev–Trinajstić information content (AvgIpc) is 3.33. The summed E-state index contributed by atoms with van der Waals surface area (Å²) >= 11 is 0. The fraction of sp³-hybridized carbons (Fsp3) is 0.467. The highest BCUT2D eigenvalue weighted by atomic mass is 16.6. The van der Waals surface area contributed by atoms with Gasteiger partial charge in [-0.15, -0.1) is 0 Å².